The Hall–Kier alpha value is -2.71. The van der Waals surface area contributed by atoms with Crippen LogP contribution in [0.4, 0.5) is 0 Å². The average Bonchev–Trinajstić information content (AvgIpc) is 3.17. The summed E-state index contributed by atoms with van der Waals surface area (Å²) in [6, 6.07) is 8.46. The van der Waals surface area contributed by atoms with Crippen molar-refractivity contribution in [1.82, 2.24) is 19.6 Å². The molecular weight excluding hydrogens is 448 g/mol. The summed E-state index contributed by atoms with van der Waals surface area (Å²) in [5, 5.41) is 3.35. The summed E-state index contributed by atoms with van der Waals surface area (Å²) in [6.45, 7) is 0.268. The second-order valence-electron chi connectivity index (χ2n) is 6.32. The fourth-order valence-corrected chi connectivity index (χ4v) is 3.59. The van der Waals surface area contributed by atoms with Gasteiger partial charge in [-0.1, -0.05) is 27.5 Å². The Morgan fingerprint density at radius 3 is 2.71 bits per heavy atom. The number of carbonyl (C=O) groups is 3. The van der Waals surface area contributed by atoms with Crippen LogP contribution in [0.5, 0.6) is 0 Å². The monoisotopic (exact) mass is 460 g/mol. The Bertz CT molecular complexity index is 1130. The number of imidazole rings is 1. The minimum absolute atomic E-state index is 0.0197. The van der Waals surface area contributed by atoms with Crippen LogP contribution in [0.1, 0.15) is 32.8 Å². The van der Waals surface area contributed by atoms with Crippen molar-refractivity contribution in [2.45, 2.75) is 13.0 Å². The van der Waals surface area contributed by atoms with Gasteiger partial charge in [0, 0.05) is 29.8 Å². The number of halogens is 2. The van der Waals surface area contributed by atoms with E-state index in [9.17, 15) is 14.4 Å². The van der Waals surface area contributed by atoms with Crippen molar-refractivity contribution in [3.8, 4) is 0 Å². The van der Waals surface area contributed by atoms with E-state index in [1.165, 1.54) is 0 Å². The van der Waals surface area contributed by atoms with E-state index >= 15 is 0 Å². The van der Waals surface area contributed by atoms with E-state index in [1.54, 1.807) is 47.1 Å². The summed E-state index contributed by atoms with van der Waals surface area (Å²) in [5.41, 5.74) is 2.12. The summed E-state index contributed by atoms with van der Waals surface area (Å²) in [5.74, 6) is -1.03. The fourth-order valence-electron chi connectivity index (χ4n) is 3.06. The molecule has 0 aliphatic carbocycles. The molecule has 3 aromatic rings. The number of benzene rings is 1. The van der Waals surface area contributed by atoms with Gasteiger partial charge in [0.2, 0.25) is 5.91 Å². The summed E-state index contributed by atoms with van der Waals surface area (Å²) >= 11 is 9.24. The van der Waals surface area contributed by atoms with E-state index in [-0.39, 0.29) is 37.2 Å². The predicted molar refractivity (Wildman–Crippen MR) is 106 cm³/mol. The maximum atomic E-state index is 12.4. The van der Waals surface area contributed by atoms with Gasteiger partial charge in [0.1, 0.15) is 5.65 Å². The van der Waals surface area contributed by atoms with Gasteiger partial charge in [0.25, 0.3) is 11.8 Å². The molecule has 3 heterocycles. The Morgan fingerprint density at radius 2 is 1.89 bits per heavy atom. The van der Waals surface area contributed by atoms with Gasteiger partial charge in [-0.15, -0.1) is 0 Å². The zero-order chi connectivity index (χ0) is 19.8. The molecule has 0 saturated carbocycles. The first-order chi connectivity index (χ1) is 13.4. The smallest absolute Gasteiger partial charge is 0.261 e. The third kappa shape index (κ3) is 3.53. The number of nitrogens with one attached hydrogen (secondary N) is 1. The Balaban J connectivity index is 1.34. The number of pyridine rings is 1. The molecule has 0 spiro atoms. The second kappa shape index (κ2) is 7.37. The van der Waals surface area contributed by atoms with E-state index in [1.807, 2.05) is 0 Å². The summed E-state index contributed by atoms with van der Waals surface area (Å²) < 4.78 is 2.50. The summed E-state index contributed by atoms with van der Waals surface area (Å²) in [7, 11) is 0. The van der Waals surface area contributed by atoms with Gasteiger partial charge in [-0.05, 0) is 30.3 Å². The zero-order valence-corrected chi connectivity index (χ0v) is 16.8. The molecule has 0 saturated heterocycles. The normalized spacial score (nSPS) is 13.3. The molecule has 1 aromatic carbocycles. The highest BCUT2D eigenvalue weighted by molar-refractivity contribution is 9.10. The third-order valence-corrected chi connectivity index (χ3v) is 5.14. The van der Waals surface area contributed by atoms with Crippen molar-refractivity contribution >= 4 is 50.9 Å². The molecule has 0 radical (unpaired) electrons. The summed E-state index contributed by atoms with van der Waals surface area (Å²) in [6.07, 6.45) is 3.53. The molecule has 2 aromatic heterocycles. The molecule has 0 fully saturated rings. The van der Waals surface area contributed by atoms with Crippen molar-refractivity contribution in [3.05, 3.63) is 69.0 Å². The van der Waals surface area contributed by atoms with Crippen molar-refractivity contribution in [1.29, 1.82) is 0 Å². The van der Waals surface area contributed by atoms with Gasteiger partial charge in [0.15, 0.2) is 0 Å². The minimum Gasteiger partial charge on any atom is -0.350 e. The molecule has 1 aliphatic heterocycles. The van der Waals surface area contributed by atoms with Crippen LogP contribution in [-0.2, 0) is 11.3 Å². The Morgan fingerprint density at radius 1 is 1.11 bits per heavy atom. The molecule has 3 amide bonds. The van der Waals surface area contributed by atoms with E-state index in [0.29, 0.717) is 21.8 Å². The quantitative estimate of drug-likeness (QED) is 0.592. The first kappa shape index (κ1) is 18.6. The molecule has 4 rings (SSSR count). The van der Waals surface area contributed by atoms with E-state index < -0.39 is 0 Å². The number of imide groups is 1. The van der Waals surface area contributed by atoms with E-state index in [0.717, 1.165) is 15.0 Å². The molecule has 1 aliphatic rings. The maximum absolute atomic E-state index is 12.4. The van der Waals surface area contributed by atoms with Gasteiger partial charge in [-0.2, -0.15) is 0 Å². The van der Waals surface area contributed by atoms with Crippen molar-refractivity contribution in [2.75, 3.05) is 6.54 Å². The van der Waals surface area contributed by atoms with Crippen LogP contribution in [0, 0.1) is 0 Å². The maximum Gasteiger partial charge on any atom is 0.261 e. The minimum atomic E-state index is -0.383. The van der Waals surface area contributed by atoms with Crippen LogP contribution in [-0.4, -0.2) is 38.6 Å². The van der Waals surface area contributed by atoms with Gasteiger partial charge >= 0.3 is 0 Å². The second-order valence-corrected chi connectivity index (χ2v) is 7.68. The Labute approximate surface area is 173 Å². The predicted octanol–water partition coefficient (Wildman–Crippen LogP) is 3.05. The number of amides is 3. The first-order valence-corrected chi connectivity index (χ1v) is 9.65. The lowest BCUT2D eigenvalue weighted by Crippen LogP contribution is -2.34. The standard InChI is InChI=1S/C19H14BrClN4O3/c20-11-1-3-14-15(7-11)19(28)25(18(14)27)6-5-17(26)22-8-13-10-24-9-12(21)2-4-16(24)23-13/h1-4,7,9-10H,5-6,8H2,(H,22,26). The van der Waals surface area contributed by atoms with Gasteiger partial charge in [0.05, 0.1) is 28.4 Å². The molecule has 0 bridgehead atoms. The van der Waals surface area contributed by atoms with E-state index in [2.05, 4.69) is 26.2 Å². The molecule has 28 heavy (non-hydrogen) atoms. The highest BCUT2D eigenvalue weighted by atomic mass is 79.9. The zero-order valence-electron chi connectivity index (χ0n) is 14.5. The topological polar surface area (TPSA) is 83.8 Å². The van der Waals surface area contributed by atoms with Crippen LogP contribution in [0.15, 0.2) is 47.2 Å². The fraction of sp³-hybridized carbons (Fsp3) is 0.158. The van der Waals surface area contributed by atoms with Crippen LogP contribution < -0.4 is 5.32 Å². The van der Waals surface area contributed by atoms with Crippen LogP contribution in [0.2, 0.25) is 5.02 Å². The lowest BCUT2D eigenvalue weighted by Gasteiger charge is -2.13. The van der Waals surface area contributed by atoms with Crippen molar-refractivity contribution in [2.24, 2.45) is 0 Å². The van der Waals surface area contributed by atoms with Crippen LogP contribution in [0.3, 0.4) is 0 Å². The van der Waals surface area contributed by atoms with E-state index in [4.69, 9.17) is 11.6 Å². The highest BCUT2D eigenvalue weighted by Crippen LogP contribution is 2.26. The van der Waals surface area contributed by atoms with Crippen LogP contribution in [0.25, 0.3) is 5.65 Å². The van der Waals surface area contributed by atoms with Crippen molar-refractivity contribution < 1.29 is 14.4 Å². The lowest BCUT2D eigenvalue weighted by atomic mass is 10.1. The number of fused-ring (bicyclic) bond motifs is 2. The van der Waals surface area contributed by atoms with Crippen molar-refractivity contribution in [3.63, 3.8) is 0 Å². The largest absolute Gasteiger partial charge is 0.350 e. The molecular formula is C19H14BrClN4O3. The summed E-state index contributed by atoms with van der Waals surface area (Å²) in [4.78, 5) is 42.4. The lowest BCUT2D eigenvalue weighted by molar-refractivity contribution is -0.121. The average molecular weight is 462 g/mol. The number of hydrogen-bond acceptors (Lipinski definition) is 4. The molecule has 0 atom stereocenters. The van der Waals surface area contributed by atoms with Crippen LogP contribution >= 0.6 is 27.5 Å². The molecule has 1 N–H and O–H groups in total. The number of carbonyl (C=O) groups excluding carboxylic acids is 3. The Kier molecular flexibility index (Phi) is 4.91. The number of rotatable bonds is 5. The third-order valence-electron chi connectivity index (χ3n) is 4.43. The van der Waals surface area contributed by atoms with Gasteiger partial charge < -0.3 is 9.72 Å². The highest BCUT2D eigenvalue weighted by Gasteiger charge is 2.35. The SMILES string of the molecule is O=C(CCN1C(=O)c2ccc(Br)cc2C1=O)NCc1cn2cc(Cl)ccc2n1. The number of aromatic nitrogens is 2. The molecule has 0 unspecified atom stereocenters. The van der Waals surface area contributed by atoms with Gasteiger partial charge in [-0.3, -0.25) is 19.3 Å². The number of nitrogens with zero attached hydrogens (tertiary/aromatic N) is 3. The molecule has 142 valence electrons. The van der Waals surface area contributed by atoms with Gasteiger partial charge in [-0.25, -0.2) is 4.98 Å². The number of hydrogen-bond donors (Lipinski definition) is 1. The molecule has 9 heteroatoms. The first-order valence-electron chi connectivity index (χ1n) is 8.48. The molecule has 7 nitrogen and oxygen atoms in total.